The summed E-state index contributed by atoms with van der Waals surface area (Å²) in [7, 11) is 1.45. The number of rotatable bonds is 3. The summed E-state index contributed by atoms with van der Waals surface area (Å²) < 4.78 is 7.37. The average Bonchev–Trinajstić information content (AvgIpc) is 3.02. The number of phenolic OH excluding ortho intramolecular Hbond substituents is 2. The van der Waals surface area contributed by atoms with Gasteiger partial charge in [0.1, 0.15) is 5.75 Å². The summed E-state index contributed by atoms with van der Waals surface area (Å²) >= 11 is 5.45. The number of hydrogen-bond donors (Lipinski definition) is 3. The highest BCUT2D eigenvalue weighted by Crippen LogP contribution is 2.40. The Kier molecular flexibility index (Phi) is 4.00. The minimum atomic E-state index is -0.144. The molecule has 0 spiro atoms. The highest BCUT2D eigenvalue weighted by Gasteiger charge is 2.23. The molecular weight excluding hydrogens is 350 g/mol. The summed E-state index contributed by atoms with van der Waals surface area (Å²) in [6, 6.07) is 2.77. The van der Waals surface area contributed by atoms with Crippen LogP contribution >= 0.6 is 12.2 Å². The van der Waals surface area contributed by atoms with Crippen LogP contribution in [0.4, 0.5) is 0 Å². The lowest BCUT2D eigenvalue weighted by Crippen LogP contribution is -2.11. The van der Waals surface area contributed by atoms with Gasteiger partial charge in [0, 0.05) is 12.0 Å². The van der Waals surface area contributed by atoms with E-state index in [4.69, 9.17) is 17.0 Å². The smallest absolute Gasteiger partial charge is 0.200 e. The van der Waals surface area contributed by atoms with E-state index >= 15 is 0 Å². The van der Waals surface area contributed by atoms with Crippen LogP contribution in [0.1, 0.15) is 6.42 Å². The molecule has 0 saturated heterocycles. The summed E-state index contributed by atoms with van der Waals surface area (Å²) in [5, 5.41) is 27.3. The minimum absolute atomic E-state index is 0.112. The molecule has 1 heterocycles. The molecule has 2 aromatic rings. The number of hydrogen-bond acceptors (Lipinski definition) is 5. The number of benzene rings is 1. The molecule has 132 valence electrons. The van der Waals surface area contributed by atoms with Crippen molar-refractivity contribution in [2.24, 2.45) is 5.92 Å². The molecule has 0 amide bonds. The van der Waals surface area contributed by atoms with E-state index in [9.17, 15) is 10.2 Å². The average molecular weight is 367 g/mol. The van der Waals surface area contributed by atoms with E-state index < -0.39 is 0 Å². The number of H-pyrrole nitrogens is 1. The monoisotopic (exact) mass is 367 g/mol. The highest BCUT2D eigenvalue weighted by molar-refractivity contribution is 7.71. The van der Waals surface area contributed by atoms with Crippen molar-refractivity contribution >= 4 is 17.9 Å². The summed E-state index contributed by atoms with van der Waals surface area (Å²) in [4.78, 5) is 0. The van der Waals surface area contributed by atoms with Crippen molar-refractivity contribution in [1.29, 1.82) is 0 Å². The quantitative estimate of drug-likeness (QED) is 0.716. The number of nitrogens with one attached hydrogen (secondary N) is 1. The first kappa shape index (κ1) is 16.4. The predicted molar refractivity (Wildman–Crippen MR) is 101 cm³/mol. The lowest BCUT2D eigenvalue weighted by atomic mass is 9.86. The fourth-order valence-electron chi connectivity index (χ4n) is 3.29. The summed E-state index contributed by atoms with van der Waals surface area (Å²) in [6.45, 7) is 0. The van der Waals surface area contributed by atoms with E-state index in [-0.39, 0.29) is 23.2 Å². The molecule has 1 aromatic carbocycles. The van der Waals surface area contributed by atoms with Crippen molar-refractivity contribution in [2.45, 2.75) is 6.42 Å². The second-order valence-electron chi connectivity index (χ2n) is 6.06. The number of methoxy groups -OCH3 is 1. The molecule has 26 heavy (non-hydrogen) atoms. The third kappa shape index (κ3) is 2.57. The lowest BCUT2D eigenvalue weighted by molar-refractivity contribution is 0.370. The zero-order valence-electron chi connectivity index (χ0n) is 14.0. The van der Waals surface area contributed by atoms with Gasteiger partial charge in [-0.25, -0.2) is 0 Å². The van der Waals surface area contributed by atoms with Crippen LogP contribution in [0, 0.1) is 10.7 Å². The van der Waals surface area contributed by atoms with Gasteiger partial charge in [-0.2, -0.15) is 5.10 Å². The second-order valence-corrected chi connectivity index (χ2v) is 6.44. The third-order valence-corrected chi connectivity index (χ3v) is 4.82. The van der Waals surface area contributed by atoms with Gasteiger partial charge >= 0.3 is 0 Å². The SMILES string of the molecule is COc1cc(-c2n[nH]c(=S)n2C2=C3C=CC=CC3CC=C2)c(O)cc1O. The summed E-state index contributed by atoms with van der Waals surface area (Å²) in [5.41, 5.74) is 2.45. The van der Waals surface area contributed by atoms with Crippen LogP contribution in [0.5, 0.6) is 17.2 Å². The Morgan fingerprint density at radius 1 is 1.23 bits per heavy atom. The minimum Gasteiger partial charge on any atom is -0.507 e. The van der Waals surface area contributed by atoms with E-state index in [1.165, 1.54) is 19.2 Å². The third-order valence-electron chi connectivity index (χ3n) is 4.54. The molecule has 1 atom stereocenters. The topological polar surface area (TPSA) is 83.3 Å². The first-order valence-electron chi connectivity index (χ1n) is 8.14. The van der Waals surface area contributed by atoms with Gasteiger partial charge in [0.2, 0.25) is 0 Å². The normalized spacial score (nSPS) is 18.3. The first-order chi connectivity index (χ1) is 12.6. The van der Waals surface area contributed by atoms with Crippen LogP contribution in [0.15, 0.2) is 54.2 Å². The Morgan fingerprint density at radius 3 is 2.88 bits per heavy atom. The number of aromatic nitrogens is 3. The molecule has 0 aliphatic heterocycles. The molecular formula is C19H17N3O3S. The summed E-state index contributed by atoms with van der Waals surface area (Å²) in [6.07, 6.45) is 13.3. The van der Waals surface area contributed by atoms with Crippen molar-refractivity contribution < 1.29 is 14.9 Å². The van der Waals surface area contributed by atoms with Gasteiger partial charge in [-0.05, 0) is 36.4 Å². The van der Waals surface area contributed by atoms with Gasteiger partial charge in [0.05, 0.1) is 18.4 Å². The molecule has 0 fully saturated rings. The molecule has 3 N–H and O–H groups in total. The molecule has 4 rings (SSSR count). The maximum atomic E-state index is 10.4. The molecule has 0 bridgehead atoms. The van der Waals surface area contributed by atoms with Crippen molar-refractivity contribution in [3.05, 3.63) is 58.9 Å². The van der Waals surface area contributed by atoms with Gasteiger partial charge < -0.3 is 14.9 Å². The lowest BCUT2D eigenvalue weighted by Gasteiger charge is -2.23. The Morgan fingerprint density at radius 2 is 2.08 bits per heavy atom. The maximum Gasteiger partial charge on any atom is 0.200 e. The molecule has 0 radical (unpaired) electrons. The standard InChI is InChI=1S/C19H17N3O3S/c1-25-17-9-13(15(23)10-16(17)24)18-20-21-19(26)22(18)14-8-4-6-11-5-2-3-7-12(11)14/h2-5,7-11,23-24H,6H2,1H3,(H,21,26). The van der Waals surface area contributed by atoms with Gasteiger partial charge in [-0.15, -0.1) is 0 Å². The molecule has 6 nitrogen and oxygen atoms in total. The van der Waals surface area contributed by atoms with Crippen LogP contribution in [-0.4, -0.2) is 32.1 Å². The first-order valence-corrected chi connectivity index (χ1v) is 8.54. The number of fused-ring (bicyclic) bond motifs is 1. The summed E-state index contributed by atoms with van der Waals surface area (Å²) in [5.74, 6) is 0.719. The van der Waals surface area contributed by atoms with E-state index in [0.29, 0.717) is 16.2 Å². The van der Waals surface area contributed by atoms with Crippen LogP contribution in [-0.2, 0) is 0 Å². The van der Waals surface area contributed by atoms with Gasteiger partial charge in [0.15, 0.2) is 22.1 Å². The second kappa shape index (κ2) is 6.34. The van der Waals surface area contributed by atoms with Crippen molar-refractivity contribution in [3.8, 4) is 28.6 Å². The van der Waals surface area contributed by atoms with Gasteiger partial charge in [-0.3, -0.25) is 9.67 Å². The number of aromatic hydroxyl groups is 2. The highest BCUT2D eigenvalue weighted by atomic mass is 32.1. The fraction of sp³-hybridized carbons (Fsp3) is 0.158. The number of phenols is 2. The number of aromatic amines is 1. The Balaban J connectivity index is 1.95. The van der Waals surface area contributed by atoms with Crippen LogP contribution < -0.4 is 4.74 Å². The Bertz CT molecular complexity index is 1060. The van der Waals surface area contributed by atoms with E-state index in [1.807, 2.05) is 18.2 Å². The predicted octanol–water partition coefficient (Wildman–Crippen LogP) is 3.94. The van der Waals surface area contributed by atoms with E-state index in [0.717, 1.165) is 17.7 Å². The van der Waals surface area contributed by atoms with Gasteiger partial charge in [-0.1, -0.05) is 30.4 Å². The van der Waals surface area contributed by atoms with Gasteiger partial charge in [0.25, 0.3) is 0 Å². The Hall–Kier alpha value is -3.06. The van der Waals surface area contributed by atoms with Crippen LogP contribution in [0.3, 0.4) is 0 Å². The molecule has 0 saturated carbocycles. The maximum absolute atomic E-state index is 10.4. The number of allylic oxidation sites excluding steroid dienone is 8. The number of ether oxygens (including phenoxy) is 1. The molecule has 2 aliphatic carbocycles. The molecule has 1 aromatic heterocycles. The molecule has 1 unspecified atom stereocenters. The van der Waals surface area contributed by atoms with Crippen LogP contribution in [0.2, 0.25) is 0 Å². The van der Waals surface area contributed by atoms with Crippen LogP contribution in [0.25, 0.3) is 17.1 Å². The van der Waals surface area contributed by atoms with Crippen molar-refractivity contribution in [3.63, 3.8) is 0 Å². The van der Waals surface area contributed by atoms with E-state index in [2.05, 4.69) is 28.4 Å². The zero-order valence-corrected chi connectivity index (χ0v) is 14.8. The van der Waals surface area contributed by atoms with E-state index in [1.54, 1.807) is 4.57 Å². The molecule has 7 heteroatoms. The number of nitrogens with zero attached hydrogens (tertiary/aromatic N) is 2. The zero-order chi connectivity index (χ0) is 18.3. The Labute approximate surface area is 155 Å². The van der Waals surface area contributed by atoms with Crippen molar-refractivity contribution in [2.75, 3.05) is 7.11 Å². The largest absolute Gasteiger partial charge is 0.507 e. The van der Waals surface area contributed by atoms with Crippen molar-refractivity contribution in [1.82, 2.24) is 14.8 Å². The molecule has 2 aliphatic rings. The fourth-order valence-corrected chi connectivity index (χ4v) is 3.52.